The highest BCUT2D eigenvalue weighted by Crippen LogP contribution is 2.14. The Morgan fingerprint density at radius 3 is 3.07 bits per heavy atom. The van der Waals surface area contributed by atoms with Gasteiger partial charge in [0.05, 0.1) is 5.56 Å². The van der Waals surface area contributed by atoms with Crippen molar-refractivity contribution in [3.8, 4) is 0 Å². The van der Waals surface area contributed by atoms with Crippen LogP contribution in [0.15, 0.2) is 12.3 Å². The molecule has 1 amide bonds. The lowest BCUT2D eigenvalue weighted by Gasteiger charge is -2.05. The first kappa shape index (κ1) is 11.9. The molecule has 0 aliphatic heterocycles. The van der Waals surface area contributed by atoms with Gasteiger partial charge >= 0.3 is 0 Å². The van der Waals surface area contributed by atoms with Crippen molar-refractivity contribution >= 4 is 17.5 Å². The number of rotatable bonds is 4. The average Bonchev–Trinajstić information content (AvgIpc) is 2.22. The van der Waals surface area contributed by atoms with Crippen molar-refractivity contribution in [3.05, 3.63) is 28.8 Å². The first-order valence-corrected chi connectivity index (χ1v) is 5.12. The number of amides is 1. The minimum atomic E-state index is -0.770. The molecular weight excluding hydrogens is 219 g/mol. The molecule has 0 unspecified atom stereocenters. The number of pyridine rings is 1. The van der Waals surface area contributed by atoms with Crippen LogP contribution in [0.2, 0.25) is 5.15 Å². The van der Waals surface area contributed by atoms with Gasteiger partial charge < -0.3 is 5.32 Å². The zero-order valence-corrected chi connectivity index (χ0v) is 9.14. The minimum Gasteiger partial charge on any atom is -0.352 e. The van der Waals surface area contributed by atoms with Crippen molar-refractivity contribution in [2.24, 2.45) is 0 Å². The molecule has 0 aromatic carbocycles. The fraction of sp³-hybridized carbons (Fsp3) is 0.400. The molecule has 82 valence electrons. The molecule has 15 heavy (non-hydrogen) atoms. The first-order chi connectivity index (χ1) is 7.16. The number of nitrogens with one attached hydrogen (secondary N) is 1. The van der Waals surface area contributed by atoms with E-state index in [1.165, 1.54) is 12.3 Å². The maximum Gasteiger partial charge on any atom is 0.254 e. The van der Waals surface area contributed by atoms with Crippen molar-refractivity contribution in [3.63, 3.8) is 0 Å². The molecule has 0 atom stereocenters. The summed E-state index contributed by atoms with van der Waals surface area (Å²) in [4.78, 5) is 15.0. The number of unbranched alkanes of at least 4 members (excludes halogenated alkanes) is 1. The van der Waals surface area contributed by atoms with Crippen LogP contribution < -0.4 is 5.32 Å². The van der Waals surface area contributed by atoms with Crippen molar-refractivity contribution in [2.75, 3.05) is 6.54 Å². The van der Waals surface area contributed by atoms with Crippen LogP contribution in [0.5, 0.6) is 0 Å². The van der Waals surface area contributed by atoms with Crippen molar-refractivity contribution in [2.45, 2.75) is 19.8 Å². The molecule has 0 fully saturated rings. The topological polar surface area (TPSA) is 42.0 Å². The zero-order chi connectivity index (χ0) is 11.3. The van der Waals surface area contributed by atoms with E-state index < -0.39 is 11.7 Å². The second kappa shape index (κ2) is 5.66. The lowest BCUT2D eigenvalue weighted by Crippen LogP contribution is -2.25. The van der Waals surface area contributed by atoms with E-state index in [-0.39, 0.29) is 10.7 Å². The molecular formula is C10H12ClFN2O. The zero-order valence-electron chi connectivity index (χ0n) is 8.39. The largest absolute Gasteiger partial charge is 0.352 e. The van der Waals surface area contributed by atoms with Crippen LogP contribution in [-0.4, -0.2) is 17.4 Å². The molecule has 0 spiro atoms. The average molecular weight is 231 g/mol. The summed E-state index contributed by atoms with van der Waals surface area (Å²) < 4.78 is 13.3. The number of hydrogen-bond donors (Lipinski definition) is 1. The Balaban J connectivity index is 2.69. The summed E-state index contributed by atoms with van der Waals surface area (Å²) >= 11 is 5.45. The van der Waals surface area contributed by atoms with Crippen LogP contribution in [-0.2, 0) is 0 Å². The van der Waals surface area contributed by atoms with E-state index in [1.807, 2.05) is 6.92 Å². The molecule has 1 rings (SSSR count). The fourth-order valence-corrected chi connectivity index (χ4v) is 1.23. The second-order valence-electron chi connectivity index (χ2n) is 3.07. The first-order valence-electron chi connectivity index (χ1n) is 4.75. The summed E-state index contributed by atoms with van der Waals surface area (Å²) in [6.07, 6.45) is 3.15. The van der Waals surface area contributed by atoms with Crippen LogP contribution in [0, 0.1) is 5.82 Å². The molecule has 0 saturated carbocycles. The molecule has 0 saturated heterocycles. The molecule has 1 heterocycles. The molecule has 1 N–H and O–H groups in total. The SMILES string of the molecule is CCCCNC(=O)c1ccnc(Cl)c1F. The van der Waals surface area contributed by atoms with E-state index in [2.05, 4.69) is 10.3 Å². The minimum absolute atomic E-state index is 0.0638. The van der Waals surface area contributed by atoms with Crippen molar-refractivity contribution in [1.29, 1.82) is 0 Å². The lowest BCUT2D eigenvalue weighted by molar-refractivity contribution is 0.0949. The number of aromatic nitrogens is 1. The molecule has 0 bridgehead atoms. The monoisotopic (exact) mass is 230 g/mol. The third-order valence-corrected chi connectivity index (χ3v) is 2.17. The van der Waals surface area contributed by atoms with Crippen molar-refractivity contribution < 1.29 is 9.18 Å². The van der Waals surface area contributed by atoms with Gasteiger partial charge in [-0.25, -0.2) is 9.37 Å². The maximum absolute atomic E-state index is 13.3. The van der Waals surface area contributed by atoms with Gasteiger partial charge in [0.1, 0.15) is 0 Å². The van der Waals surface area contributed by atoms with Gasteiger partial charge in [-0.1, -0.05) is 24.9 Å². The molecule has 5 heteroatoms. The van der Waals surface area contributed by atoms with Crippen LogP contribution >= 0.6 is 11.6 Å². The Morgan fingerprint density at radius 1 is 1.67 bits per heavy atom. The smallest absolute Gasteiger partial charge is 0.254 e. The molecule has 0 aliphatic rings. The van der Waals surface area contributed by atoms with E-state index >= 15 is 0 Å². The van der Waals surface area contributed by atoms with Crippen LogP contribution in [0.1, 0.15) is 30.1 Å². The van der Waals surface area contributed by atoms with Crippen molar-refractivity contribution in [1.82, 2.24) is 10.3 Å². The molecule has 1 aromatic heterocycles. The maximum atomic E-state index is 13.3. The fourth-order valence-electron chi connectivity index (χ4n) is 1.07. The Kier molecular flexibility index (Phi) is 4.49. The van der Waals surface area contributed by atoms with E-state index in [4.69, 9.17) is 11.6 Å². The summed E-state index contributed by atoms with van der Waals surface area (Å²) in [6.45, 7) is 2.55. The summed E-state index contributed by atoms with van der Waals surface area (Å²) in [7, 11) is 0. The standard InChI is InChI=1S/C10H12ClFN2O/c1-2-3-5-14-10(15)7-4-6-13-9(11)8(7)12/h4,6H,2-3,5H2,1H3,(H,14,15). The van der Waals surface area contributed by atoms with Gasteiger partial charge in [-0.05, 0) is 12.5 Å². The highest BCUT2D eigenvalue weighted by molar-refractivity contribution is 6.29. The Morgan fingerprint density at radius 2 is 2.40 bits per heavy atom. The van der Waals surface area contributed by atoms with E-state index in [0.717, 1.165) is 12.8 Å². The number of halogens is 2. The number of nitrogens with zero attached hydrogens (tertiary/aromatic N) is 1. The Hall–Kier alpha value is -1.16. The number of carbonyl (C=O) groups is 1. The molecule has 1 aromatic rings. The van der Waals surface area contributed by atoms with Gasteiger partial charge in [0.25, 0.3) is 5.91 Å². The van der Waals surface area contributed by atoms with Gasteiger partial charge in [-0.3, -0.25) is 4.79 Å². The van der Waals surface area contributed by atoms with Gasteiger partial charge in [0.15, 0.2) is 11.0 Å². The van der Waals surface area contributed by atoms with Crippen LogP contribution in [0.3, 0.4) is 0 Å². The quantitative estimate of drug-likeness (QED) is 0.638. The van der Waals surface area contributed by atoms with Gasteiger partial charge in [-0.15, -0.1) is 0 Å². The van der Waals surface area contributed by atoms with E-state index in [0.29, 0.717) is 6.54 Å². The molecule has 0 radical (unpaired) electrons. The highest BCUT2D eigenvalue weighted by Gasteiger charge is 2.13. The van der Waals surface area contributed by atoms with Gasteiger partial charge in [-0.2, -0.15) is 0 Å². The number of carbonyl (C=O) groups excluding carboxylic acids is 1. The van der Waals surface area contributed by atoms with E-state index in [1.54, 1.807) is 0 Å². The van der Waals surface area contributed by atoms with Crippen LogP contribution in [0.25, 0.3) is 0 Å². The third-order valence-electron chi connectivity index (χ3n) is 1.91. The molecule has 3 nitrogen and oxygen atoms in total. The van der Waals surface area contributed by atoms with E-state index in [9.17, 15) is 9.18 Å². The lowest BCUT2D eigenvalue weighted by atomic mass is 10.2. The predicted octanol–water partition coefficient (Wildman–Crippen LogP) is 2.40. The second-order valence-corrected chi connectivity index (χ2v) is 3.43. The van der Waals surface area contributed by atoms with Crippen LogP contribution in [0.4, 0.5) is 4.39 Å². The predicted molar refractivity (Wildman–Crippen MR) is 56.4 cm³/mol. The normalized spacial score (nSPS) is 10.1. The summed E-state index contributed by atoms with van der Waals surface area (Å²) in [5.41, 5.74) is -0.0638. The molecule has 0 aliphatic carbocycles. The summed E-state index contributed by atoms with van der Waals surface area (Å²) in [6, 6.07) is 1.31. The van der Waals surface area contributed by atoms with Gasteiger partial charge in [0, 0.05) is 12.7 Å². The summed E-state index contributed by atoms with van der Waals surface area (Å²) in [5, 5.41) is 2.32. The summed E-state index contributed by atoms with van der Waals surface area (Å²) in [5.74, 6) is -1.22. The van der Waals surface area contributed by atoms with Gasteiger partial charge in [0.2, 0.25) is 0 Å². The number of hydrogen-bond acceptors (Lipinski definition) is 2. The Labute approximate surface area is 92.7 Å². The third kappa shape index (κ3) is 3.16. The Bertz CT molecular complexity index is 357. The highest BCUT2D eigenvalue weighted by atomic mass is 35.5.